The molecular formula is C21H20ClF3N2O3. The number of aromatic nitrogens is 1. The zero-order chi connectivity index (χ0) is 21.9. The number of carbonyl (C=O) groups excluding carboxylic acids is 2. The van der Waals surface area contributed by atoms with Gasteiger partial charge in [-0.05, 0) is 56.2 Å². The van der Waals surface area contributed by atoms with Crippen molar-refractivity contribution in [2.45, 2.75) is 32.0 Å². The quantitative estimate of drug-likeness (QED) is 0.494. The molecule has 0 unspecified atom stereocenters. The number of pyridine rings is 1. The summed E-state index contributed by atoms with van der Waals surface area (Å²) in [6.45, 7) is 2.44. The predicted molar refractivity (Wildman–Crippen MR) is 106 cm³/mol. The highest BCUT2D eigenvalue weighted by Crippen LogP contribution is 2.30. The zero-order valence-electron chi connectivity index (χ0n) is 16.2. The molecule has 1 saturated heterocycles. The second-order valence-corrected chi connectivity index (χ2v) is 7.55. The summed E-state index contributed by atoms with van der Waals surface area (Å²) in [6.07, 6.45) is -3.62. The van der Waals surface area contributed by atoms with Gasteiger partial charge in [0, 0.05) is 29.9 Å². The average molecular weight is 441 g/mol. The Hall–Kier alpha value is -2.61. The first-order chi connectivity index (χ1) is 14.1. The lowest BCUT2D eigenvalue weighted by Gasteiger charge is -2.32. The number of Topliss-reactive ketones (excluding diaryl/α,β-unsaturated/α-hetero) is 1. The van der Waals surface area contributed by atoms with Gasteiger partial charge >= 0.3 is 12.1 Å². The van der Waals surface area contributed by atoms with Crippen LogP contribution in [0.1, 0.15) is 35.7 Å². The molecule has 0 aliphatic carbocycles. The van der Waals surface area contributed by atoms with Crippen molar-refractivity contribution in [2.24, 2.45) is 5.92 Å². The van der Waals surface area contributed by atoms with Crippen molar-refractivity contribution >= 4 is 29.2 Å². The second kappa shape index (κ2) is 9.04. The fourth-order valence-corrected chi connectivity index (χ4v) is 3.38. The number of hydrogen-bond donors (Lipinski definition) is 0. The van der Waals surface area contributed by atoms with E-state index < -0.39 is 23.8 Å². The van der Waals surface area contributed by atoms with E-state index in [1.807, 2.05) is 4.90 Å². The maximum absolute atomic E-state index is 12.7. The number of anilines is 1. The van der Waals surface area contributed by atoms with Crippen molar-refractivity contribution in [2.75, 3.05) is 18.0 Å². The van der Waals surface area contributed by atoms with Crippen LogP contribution in [-0.2, 0) is 15.7 Å². The van der Waals surface area contributed by atoms with E-state index in [-0.39, 0.29) is 11.7 Å². The summed E-state index contributed by atoms with van der Waals surface area (Å²) in [4.78, 5) is 30.5. The van der Waals surface area contributed by atoms with Gasteiger partial charge in [0.25, 0.3) is 0 Å². The largest absolute Gasteiger partial charge is 0.454 e. The summed E-state index contributed by atoms with van der Waals surface area (Å²) in [6, 6.07) is 8.65. The molecule has 1 aromatic carbocycles. The molecule has 1 fully saturated rings. The smallest absolute Gasteiger partial charge is 0.417 e. The molecule has 2 aromatic rings. The maximum atomic E-state index is 12.7. The first kappa shape index (κ1) is 22.1. The lowest BCUT2D eigenvalue weighted by atomic mass is 9.96. The standard InChI is InChI=1S/C21H20ClF3N2O3/c1-13(19(28)14-2-5-17(22)6-3-14)30-20(29)15-8-10-27(11-9-15)18-7-4-16(12-26-18)21(23,24)25/h2-7,12-13,15H,8-11H2,1H3/t13-/m1/s1. The molecule has 0 spiro atoms. The third kappa shape index (κ3) is 5.30. The van der Waals surface area contributed by atoms with Gasteiger partial charge in [-0.1, -0.05) is 11.6 Å². The van der Waals surface area contributed by atoms with Crippen LogP contribution in [0.25, 0.3) is 0 Å². The van der Waals surface area contributed by atoms with Gasteiger partial charge in [0.05, 0.1) is 11.5 Å². The number of hydrogen-bond acceptors (Lipinski definition) is 5. The molecule has 160 valence electrons. The van der Waals surface area contributed by atoms with Crippen molar-refractivity contribution in [1.82, 2.24) is 4.98 Å². The van der Waals surface area contributed by atoms with Gasteiger partial charge in [0.2, 0.25) is 5.78 Å². The average Bonchev–Trinajstić information content (AvgIpc) is 2.73. The number of rotatable bonds is 5. The van der Waals surface area contributed by atoms with Crippen molar-refractivity contribution in [1.29, 1.82) is 0 Å². The number of nitrogens with zero attached hydrogens (tertiary/aromatic N) is 2. The highest BCUT2D eigenvalue weighted by molar-refractivity contribution is 6.30. The van der Waals surface area contributed by atoms with E-state index in [1.54, 1.807) is 24.3 Å². The van der Waals surface area contributed by atoms with Crippen LogP contribution in [0.4, 0.5) is 19.0 Å². The molecule has 5 nitrogen and oxygen atoms in total. The van der Waals surface area contributed by atoms with Crippen LogP contribution in [-0.4, -0.2) is 35.9 Å². The van der Waals surface area contributed by atoms with Crippen molar-refractivity contribution < 1.29 is 27.5 Å². The van der Waals surface area contributed by atoms with Gasteiger partial charge in [0.15, 0.2) is 6.10 Å². The van der Waals surface area contributed by atoms with E-state index in [4.69, 9.17) is 16.3 Å². The van der Waals surface area contributed by atoms with E-state index >= 15 is 0 Å². The van der Waals surface area contributed by atoms with E-state index in [0.717, 1.165) is 12.3 Å². The Balaban J connectivity index is 1.52. The summed E-state index contributed by atoms with van der Waals surface area (Å²) < 4.78 is 43.3. The number of esters is 1. The van der Waals surface area contributed by atoms with E-state index in [0.29, 0.717) is 42.3 Å². The number of alkyl halides is 3. The Kier molecular flexibility index (Phi) is 6.65. The number of halogens is 4. The van der Waals surface area contributed by atoms with Crippen molar-refractivity contribution in [3.63, 3.8) is 0 Å². The summed E-state index contributed by atoms with van der Waals surface area (Å²) in [7, 11) is 0. The number of piperidine rings is 1. The van der Waals surface area contributed by atoms with E-state index in [2.05, 4.69) is 4.98 Å². The van der Waals surface area contributed by atoms with Crippen molar-refractivity contribution in [3.8, 4) is 0 Å². The molecule has 0 amide bonds. The third-order valence-electron chi connectivity index (χ3n) is 5.02. The lowest BCUT2D eigenvalue weighted by Crippen LogP contribution is -2.38. The van der Waals surface area contributed by atoms with Gasteiger partial charge in [-0.3, -0.25) is 9.59 Å². The zero-order valence-corrected chi connectivity index (χ0v) is 16.9. The summed E-state index contributed by atoms with van der Waals surface area (Å²) in [5, 5.41) is 0.505. The molecule has 1 aliphatic rings. The molecule has 3 rings (SSSR count). The molecular weight excluding hydrogens is 421 g/mol. The van der Waals surface area contributed by atoms with Crippen LogP contribution in [0.5, 0.6) is 0 Å². The topological polar surface area (TPSA) is 59.5 Å². The molecule has 0 bridgehead atoms. The number of carbonyl (C=O) groups is 2. The lowest BCUT2D eigenvalue weighted by molar-refractivity contribution is -0.152. The highest BCUT2D eigenvalue weighted by Gasteiger charge is 2.32. The SMILES string of the molecule is C[C@@H](OC(=O)C1CCN(c2ccc(C(F)(F)F)cn2)CC1)C(=O)c1ccc(Cl)cc1. The normalized spacial score (nSPS) is 16.2. The van der Waals surface area contributed by atoms with E-state index in [9.17, 15) is 22.8 Å². The molecule has 2 heterocycles. The number of benzene rings is 1. The Labute approximate surface area is 176 Å². The fourth-order valence-electron chi connectivity index (χ4n) is 3.26. The number of ketones is 1. The minimum atomic E-state index is -4.43. The first-order valence-electron chi connectivity index (χ1n) is 9.43. The fraction of sp³-hybridized carbons (Fsp3) is 0.381. The molecule has 1 aliphatic heterocycles. The summed E-state index contributed by atoms with van der Waals surface area (Å²) in [5.74, 6) is -0.714. The molecule has 1 atom stereocenters. The Morgan fingerprint density at radius 2 is 1.77 bits per heavy atom. The van der Waals surface area contributed by atoms with Crippen molar-refractivity contribution in [3.05, 3.63) is 58.7 Å². The Morgan fingerprint density at radius 1 is 1.13 bits per heavy atom. The van der Waals surface area contributed by atoms with Gasteiger partial charge in [-0.2, -0.15) is 13.2 Å². The first-order valence-corrected chi connectivity index (χ1v) is 9.81. The van der Waals surface area contributed by atoms with Gasteiger partial charge in [-0.25, -0.2) is 4.98 Å². The predicted octanol–water partition coefficient (Wildman–Crippen LogP) is 4.78. The maximum Gasteiger partial charge on any atom is 0.417 e. The minimum absolute atomic E-state index is 0.314. The van der Waals surface area contributed by atoms with Gasteiger partial charge < -0.3 is 9.64 Å². The van der Waals surface area contributed by atoms with Crippen LogP contribution in [0.2, 0.25) is 5.02 Å². The molecule has 0 saturated carbocycles. The third-order valence-corrected chi connectivity index (χ3v) is 5.27. The summed E-state index contributed by atoms with van der Waals surface area (Å²) in [5.41, 5.74) is -0.396. The minimum Gasteiger partial charge on any atom is -0.454 e. The Morgan fingerprint density at radius 3 is 2.30 bits per heavy atom. The van der Waals surface area contributed by atoms with Crippen LogP contribution >= 0.6 is 11.6 Å². The van der Waals surface area contributed by atoms with E-state index in [1.165, 1.54) is 13.0 Å². The molecule has 1 aromatic heterocycles. The molecule has 0 N–H and O–H groups in total. The van der Waals surface area contributed by atoms with Crippen LogP contribution in [0.15, 0.2) is 42.6 Å². The summed E-state index contributed by atoms with van der Waals surface area (Å²) >= 11 is 5.81. The van der Waals surface area contributed by atoms with Gasteiger partial charge in [0.1, 0.15) is 5.82 Å². The highest BCUT2D eigenvalue weighted by atomic mass is 35.5. The molecule has 9 heteroatoms. The Bertz CT molecular complexity index is 893. The molecule has 30 heavy (non-hydrogen) atoms. The van der Waals surface area contributed by atoms with Crippen LogP contribution in [0.3, 0.4) is 0 Å². The van der Waals surface area contributed by atoms with Crippen LogP contribution in [0, 0.1) is 5.92 Å². The number of ether oxygens (including phenoxy) is 1. The van der Waals surface area contributed by atoms with Crippen LogP contribution < -0.4 is 4.90 Å². The second-order valence-electron chi connectivity index (χ2n) is 7.11. The monoisotopic (exact) mass is 440 g/mol. The van der Waals surface area contributed by atoms with Gasteiger partial charge in [-0.15, -0.1) is 0 Å². The molecule has 0 radical (unpaired) electrons.